The molecule has 106 valence electrons. The Kier molecular flexibility index (Phi) is 4.01. The number of nitrogens with one attached hydrogen (secondary N) is 1. The second-order valence-corrected chi connectivity index (χ2v) is 6.75. The third-order valence-electron chi connectivity index (χ3n) is 2.63. The van der Waals surface area contributed by atoms with Crippen LogP contribution in [0.1, 0.15) is 5.56 Å². The third kappa shape index (κ3) is 2.94. The molecule has 20 heavy (non-hydrogen) atoms. The van der Waals surface area contributed by atoms with Crippen LogP contribution < -0.4 is 10.5 Å². The summed E-state index contributed by atoms with van der Waals surface area (Å²) < 4.78 is 40.8. The number of halogens is 2. The van der Waals surface area contributed by atoms with Crippen molar-refractivity contribution in [3.8, 4) is 0 Å². The Labute approximate surface area is 125 Å². The lowest BCUT2D eigenvalue weighted by Crippen LogP contribution is -2.16. The Morgan fingerprint density at radius 3 is 2.50 bits per heavy atom. The van der Waals surface area contributed by atoms with Crippen LogP contribution in [-0.4, -0.2) is 8.42 Å². The summed E-state index contributed by atoms with van der Waals surface area (Å²) in [5.41, 5.74) is 7.13. The molecule has 0 aromatic heterocycles. The summed E-state index contributed by atoms with van der Waals surface area (Å²) in [6, 6.07) is 8.49. The highest BCUT2D eigenvalue weighted by Crippen LogP contribution is 2.32. The van der Waals surface area contributed by atoms with E-state index in [1.54, 1.807) is 12.1 Å². The zero-order valence-corrected chi connectivity index (χ0v) is 12.9. The van der Waals surface area contributed by atoms with E-state index in [0.717, 1.165) is 11.6 Å². The zero-order valence-electron chi connectivity index (χ0n) is 10.5. The van der Waals surface area contributed by atoms with E-state index in [2.05, 4.69) is 20.7 Å². The van der Waals surface area contributed by atoms with E-state index in [1.165, 1.54) is 18.2 Å². The Balaban J connectivity index is 2.47. The van der Waals surface area contributed by atoms with Gasteiger partial charge in [-0.05, 0) is 52.7 Å². The molecule has 0 heterocycles. The molecule has 3 N–H and O–H groups in total. The summed E-state index contributed by atoms with van der Waals surface area (Å²) in [5, 5.41) is 0. The van der Waals surface area contributed by atoms with Crippen molar-refractivity contribution in [2.45, 2.75) is 11.8 Å². The van der Waals surface area contributed by atoms with Crippen LogP contribution in [0.2, 0.25) is 0 Å². The van der Waals surface area contributed by atoms with Crippen LogP contribution in [0.15, 0.2) is 45.8 Å². The fourth-order valence-corrected chi connectivity index (χ4v) is 3.74. The van der Waals surface area contributed by atoms with E-state index in [4.69, 9.17) is 5.73 Å². The topological polar surface area (TPSA) is 72.2 Å². The van der Waals surface area contributed by atoms with Crippen LogP contribution >= 0.6 is 15.9 Å². The number of hydrogen-bond acceptors (Lipinski definition) is 3. The molecule has 0 saturated carbocycles. The van der Waals surface area contributed by atoms with Gasteiger partial charge in [-0.15, -0.1) is 0 Å². The third-order valence-corrected chi connectivity index (χ3v) is 4.64. The number of nitrogen functional groups attached to an aromatic ring is 1. The monoisotopic (exact) mass is 358 g/mol. The molecule has 0 radical (unpaired) electrons. The molecular formula is C13H12BrFN2O2S. The quantitative estimate of drug-likeness (QED) is 0.827. The molecule has 0 aliphatic carbocycles. The van der Waals surface area contributed by atoms with Gasteiger partial charge in [0.1, 0.15) is 10.7 Å². The van der Waals surface area contributed by atoms with Crippen molar-refractivity contribution >= 4 is 37.3 Å². The van der Waals surface area contributed by atoms with Gasteiger partial charge in [-0.2, -0.15) is 0 Å². The molecule has 4 nitrogen and oxygen atoms in total. The molecule has 2 aromatic rings. The molecule has 0 unspecified atom stereocenters. The van der Waals surface area contributed by atoms with E-state index in [1.807, 2.05) is 6.92 Å². The summed E-state index contributed by atoms with van der Waals surface area (Å²) in [6.07, 6.45) is 0. The predicted octanol–water partition coefficient (Wildman–Crippen LogP) is 3.28. The maximum absolute atomic E-state index is 13.6. The lowest BCUT2D eigenvalue weighted by molar-refractivity contribution is 0.570. The van der Waals surface area contributed by atoms with E-state index in [-0.39, 0.29) is 11.4 Å². The van der Waals surface area contributed by atoms with Crippen molar-refractivity contribution in [3.05, 3.63) is 52.3 Å². The molecule has 0 aliphatic rings. The Hall–Kier alpha value is -1.60. The van der Waals surface area contributed by atoms with Crippen molar-refractivity contribution in [2.75, 3.05) is 10.5 Å². The Morgan fingerprint density at radius 2 is 1.90 bits per heavy atom. The minimum absolute atomic E-state index is 0.193. The maximum atomic E-state index is 13.6. The average molecular weight is 359 g/mol. The summed E-state index contributed by atoms with van der Waals surface area (Å²) in [4.78, 5) is -0.424. The first-order valence-corrected chi connectivity index (χ1v) is 7.92. The normalized spacial score (nSPS) is 11.3. The van der Waals surface area contributed by atoms with Crippen LogP contribution in [0.4, 0.5) is 15.8 Å². The highest BCUT2D eigenvalue weighted by molar-refractivity contribution is 9.10. The molecule has 0 saturated heterocycles. The lowest BCUT2D eigenvalue weighted by Gasteiger charge is -2.13. The van der Waals surface area contributed by atoms with Gasteiger partial charge in [0.25, 0.3) is 10.0 Å². The minimum atomic E-state index is -4.04. The molecule has 0 fully saturated rings. The molecule has 0 aliphatic heterocycles. The number of benzene rings is 2. The lowest BCUT2D eigenvalue weighted by atomic mass is 10.2. The molecular weight excluding hydrogens is 347 g/mol. The van der Waals surface area contributed by atoms with Crippen LogP contribution in [0.25, 0.3) is 0 Å². The average Bonchev–Trinajstić information content (AvgIpc) is 2.34. The van der Waals surface area contributed by atoms with Crippen molar-refractivity contribution in [2.24, 2.45) is 0 Å². The van der Waals surface area contributed by atoms with Gasteiger partial charge in [-0.25, -0.2) is 12.8 Å². The molecule has 2 rings (SSSR count). The van der Waals surface area contributed by atoms with E-state index in [0.29, 0.717) is 4.47 Å². The molecule has 0 amide bonds. The number of rotatable bonds is 3. The highest BCUT2D eigenvalue weighted by atomic mass is 79.9. The minimum Gasteiger partial charge on any atom is -0.397 e. The number of hydrogen-bond donors (Lipinski definition) is 2. The van der Waals surface area contributed by atoms with Gasteiger partial charge in [0.05, 0.1) is 11.4 Å². The smallest absolute Gasteiger partial charge is 0.264 e. The SMILES string of the molecule is Cc1cc(N)c(NS(=O)(=O)c2ccccc2F)c(Br)c1. The summed E-state index contributed by atoms with van der Waals surface area (Å²) in [7, 11) is -4.04. The van der Waals surface area contributed by atoms with Gasteiger partial charge >= 0.3 is 0 Å². The van der Waals surface area contributed by atoms with Crippen LogP contribution in [0.3, 0.4) is 0 Å². The van der Waals surface area contributed by atoms with Crippen molar-refractivity contribution in [1.29, 1.82) is 0 Å². The second kappa shape index (κ2) is 5.41. The van der Waals surface area contributed by atoms with E-state index >= 15 is 0 Å². The highest BCUT2D eigenvalue weighted by Gasteiger charge is 2.20. The van der Waals surface area contributed by atoms with Crippen LogP contribution in [0, 0.1) is 12.7 Å². The van der Waals surface area contributed by atoms with Gasteiger partial charge < -0.3 is 5.73 Å². The van der Waals surface area contributed by atoms with Gasteiger partial charge in [0.2, 0.25) is 0 Å². The van der Waals surface area contributed by atoms with Gasteiger partial charge in [0.15, 0.2) is 0 Å². The molecule has 0 spiro atoms. The first-order chi connectivity index (χ1) is 9.31. The Morgan fingerprint density at radius 1 is 1.25 bits per heavy atom. The van der Waals surface area contributed by atoms with Crippen molar-refractivity contribution in [3.63, 3.8) is 0 Å². The Bertz CT molecular complexity index is 740. The second-order valence-electron chi connectivity index (χ2n) is 4.25. The zero-order chi connectivity index (χ0) is 14.9. The molecule has 0 atom stereocenters. The number of nitrogens with two attached hydrogens (primary N) is 1. The summed E-state index contributed by atoms with van der Waals surface area (Å²) in [5.74, 6) is -0.818. The fraction of sp³-hybridized carbons (Fsp3) is 0.0769. The first-order valence-electron chi connectivity index (χ1n) is 5.64. The van der Waals surface area contributed by atoms with Gasteiger partial charge in [-0.3, -0.25) is 4.72 Å². The molecule has 2 aromatic carbocycles. The standard InChI is InChI=1S/C13H12BrFN2O2S/c1-8-6-9(14)13(11(16)7-8)17-20(18,19)12-5-3-2-4-10(12)15/h2-7,17H,16H2,1H3. The maximum Gasteiger partial charge on any atom is 0.264 e. The number of aryl methyl sites for hydroxylation is 1. The summed E-state index contributed by atoms with van der Waals surface area (Å²) in [6.45, 7) is 1.83. The summed E-state index contributed by atoms with van der Waals surface area (Å²) >= 11 is 3.24. The number of anilines is 2. The molecule has 7 heteroatoms. The van der Waals surface area contributed by atoms with Gasteiger partial charge in [0, 0.05) is 4.47 Å². The molecule has 0 bridgehead atoms. The fourth-order valence-electron chi connectivity index (χ4n) is 1.73. The van der Waals surface area contributed by atoms with E-state index < -0.39 is 20.7 Å². The first kappa shape index (κ1) is 14.8. The largest absolute Gasteiger partial charge is 0.397 e. The van der Waals surface area contributed by atoms with Crippen LogP contribution in [-0.2, 0) is 10.0 Å². The van der Waals surface area contributed by atoms with Crippen molar-refractivity contribution in [1.82, 2.24) is 0 Å². The van der Waals surface area contributed by atoms with Gasteiger partial charge in [-0.1, -0.05) is 12.1 Å². The number of sulfonamides is 1. The predicted molar refractivity (Wildman–Crippen MR) is 80.5 cm³/mol. The van der Waals surface area contributed by atoms with Crippen LogP contribution in [0.5, 0.6) is 0 Å². The van der Waals surface area contributed by atoms with E-state index in [9.17, 15) is 12.8 Å². The van der Waals surface area contributed by atoms with Crippen molar-refractivity contribution < 1.29 is 12.8 Å².